The van der Waals surface area contributed by atoms with Gasteiger partial charge < -0.3 is 15.1 Å². The first-order chi connectivity index (χ1) is 13.4. The summed E-state index contributed by atoms with van der Waals surface area (Å²) < 4.78 is 13.1. The average molecular weight is 402 g/mol. The lowest BCUT2D eigenvalue weighted by Gasteiger charge is -2.37. The van der Waals surface area contributed by atoms with Gasteiger partial charge in [0.2, 0.25) is 5.95 Å². The number of nitrogens with one attached hydrogen (secondary N) is 1. The number of pyridine rings is 1. The molecule has 6 nitrogen and oxygen atoms in total. The van der Waals surface area contributed by atoms with E-state index in [4.69, 9.17) is 4.98 Å². The molecular weight excluding hydrogens is 377 g/mol. The third-order valence-electron chi connectivity index (χ3n) is 6.11. The Hall–Kier alpha value is -2.06. The predicted molar refractivity (Wildman–Crippen MR) is 106 cm³/mol. The normalized spacial score (nSPS) is 25.7. The van der Waals surface area contributed by atoms with Crippen LogP contribution in [0.15, 0.2) is 18.3 Å². The highest BCUT2D eigenvalue weighted by Crippen LogP contribution is 2.42. The summed E-state index contributed by atoms with van der Waals surface area (Å²) in [5, 5.41) is 4.62. The monoisotopic (exact) mass is 401 g/mol. The lowest BCUT2D eigenvalue weighted by atomic mass is 9.85. The highest BCUT2D eigenvalue weighted by molar-refractivity contribution is 7.15. The largest absolute Gasteiger partial charge is 0.340 e. The number of aromatic nitrogens is 2. The number of nitrogens with zero attached hydrogens (tertiary/aromatic N) is 4. The van der Waals surface area contributed by atoms with Gasteiger partial charge in [-0.05, 0) is 25.0 Å². The van der Waals surface area contributed by atoms with Crippen molar-refractivity contribution in [3.8, 4) is 0 Å². The number of anilines is 1. The second-order valence-corrected chi connectivity index (χ2v) is 9.70. The number of carbonyl (C=O) groups is 1. The highest BCUT2D eigenvalue weighted by Gasteiger charge is 2.42. The summed E-state index contributed by atoms with van der Waals surface area (Å²) in [6.07, 6.45) is 3.75. The molecule has 1 amide bonds. The molecule has 2 aromatic heterocycles. The summed E-state index contributed by atoms with van der Waals surface area (Å²) in [7, 11) is 0. The molecule has 0 aliphatic carbocycles. The van der Waals surface area contributed by atoms with E-state index in [-0.39, 0.29) is 11.3 Å². The zero-order chi connectivity index (χ0) is 19.5. The fourth-order valence-corrected chi connectivity index (χ4v) is 6.19. The van der Waals surface area contributed by atoms with E-state index in [2.05, 4.69) is 29.0 Å². The number of fused-ring (bicyclic) bond motifs is 3. The number of amides is 1. The molecule has 2 bridgehead atoms. The van der Waals surface area contributed by atoms with Gasteiger partial charge in [-0.1, -0.05) is 25.2 Å². The Morgan fingerprint density at radius 2 is 2.04 bits per heavy atom. The molecule has 3 aliphatic rings. The third-order valence-corrected chi connectivity index (χ3v) is 7.16. The van der Waals surface area contributed by atoms with Crippen LogP contribution in [0, 0.1) is 5.95 Å². The Bertz CT molecular complexity index is 896. The maximum atomic E-state index is 13.1. The van der Waals surface area contributed by atoms with Crippen molar-refractivity contribution < 1.29 is 9.18 Å². The zero-order valence-electron chi connectivity index (χ0n) is 16.1. The molecule has 3 aliphatic heterocycles. The number of hydrogen-bond acceptors (Lipinski definition) is 6. The van der Waals surface area contributed by atoms with Crippen LogP contribution in [-0.4, -0.2) is 52.5 Å². The SMILES string of the molecule is CC1(C)CN(C(=O)c2ccc(F)nc2)Cc2sc(N3C4CCC3CNC4)nc21. The van der Waals surface area contributed by atoms with Crippen LogP contribution in [-0.2, 0) is 12.0 Å². The van der Waals surface area contributed by atoms with Gasteiger partial charge in [-0.15, -0.1) is 0 Å². The van der Waals surface area contributed by atoms with Crippen LogP contribution in [0.3, 0.4) is 0 Å². The molecule has 0 aromatic carbocycles. The fourth-order valence-electron chi connectivity index (χ4n) is 4.79. The Balaban J connectivity index is 1.44. The van der Waals surface area contributed by atoms with Crippen LogP contribution in [0.25, 0.3) is 0 Å². The van der Waals surface area contributed by atoms with E-state index in [0.29, 0.717) is 30.7 Å². The number of carbonyl (C=O) groups excluding carboxylic acids is 1. The number of hydrogen-bond donors (Lipinski definition) is 1. The van der Waals surface area contributed by atoms with Gasteiger partial charge in [0.15, 0.2) is 5.13 Å². The maximum absolute atomic E-state index is 13.1. The Kier molecular flexibility index (Phi) is 4.17. The quantitative estimate of drug-likeness (QED) is 0.784. The minimum Gasteiger partial charge on any atom is -0.340 e. The Morgan fingerprint density at radius 3 is 2.71 bits per heavy atom. The molecular formula is C20H24FN5OS. The summed E-state index contributed by atoms with van der Waals surface area (Å²) >= 11 is 1.73. The molecule has 0 saturated carbocycles. The van der Waals surface area contributed by atoms with E-state index in [1.807, 2.05) is 4.90 Å². The number of thiazole rings is 1. The summed E-state index contributed by atoms with van der Waals surface area (Å²) in [6.45, 7) is 7.47. The molecule has 8 heteroatoms. The number of halogens is 1. The smallest absolute Gasteiger partial charge is 0.255 e. The number of rotatable bonds is 2. The van der Waals surface area contributed by atoms with Crippen molar-refractivity contribution in [1.82, 2.24) is 20.2 Å². The van der Waals surface area contributed by atoms with Gasteiger partial charge in [0, 0.05) is 48.2 Å². The fraction of sp³-hybridized carbons (Fsp3) is 0.550. The van der Waals surface area contributed by atoms with Crippen molar-refractivity contribution in [1.29, 1.82) is 0 Å². The van der Waals surface area contributed by atoms with E-state index < -0.39 is 5.95 Å². The minimum atomic E-state index is -0.574. The Labute approximate surface area is 167 Å². The second kappa shape index (κ2) is 6.49. The molecule has 0 spiro atoms. The first kappa shape index (κ1) is 18.0. The summed E-state index contributed by atoms with van der Waals surface area (Å²) in [6, 6.07) is 3.79. The highest BCUT2D eigenvalue weighted by atomic mass is 32.1. The van der Waals surface area contributed by atoms with Crippen LogP contribution in [0.5, 0.6) is 0 Å². The topological polar surface area (TPSA) is 61.4 Å². The van der Waals surface area contributed by atoms with Gasteiger partial charge in [0.25, 0.3) is 5.91 Å². The number of piperazine rings is 1. The van der Waals surface area contributed by atoms with Gasteiger partial charge in [-0.2, -0.15) is 4.39 Å². The van der Waals surface area contributed by atoms with Gasteiger partial charge in [-0.25, -0.2) is 9.97 Å². The van der Waals surface area contributed by atoms with Crippen LogP contribution < -0.4 is 10.2 Å². The van der Waals surface area contributed by atoms with Crippen molar-refractivity contribution >= 4 is 22.4 Å². The minimum absolute atomic E-state index is 0.108. The van der Waals surface area contributed by atoms with Gasteiger partial charge in [0.05, 0.1) is 17.8 Å². The van der Waals surface area contributed by atoms with Gasteiger partial charge in [0.1, 0.15) is 0 Å². The average Bonchev–Trinajstić information content (AvgIpc) is 3.19. The molecule has 2 unspecified atom stereocenters. The molecule has 28 heavy (non-hydrogen) atoms. The maximum Gasteiger partial charge on any atom is 0.255 e. The van der Waals surface area contributed by atoms with Crippen LogP contribution >= 0.6 is 11.3 Å². The van der Waals surface area contributed by atoms with Crippen LogP contribution in [0.1, 0.15) is 47.6 Å². The van der Waals surface area contributed by atoms with E-state index >= 15 is 0 Å². The lowest BCUT2D eigenvalue weighted by molar-refractivity contribution is 0.0686. The van der Waals surface area contributed by atoms with Crippen molar-refractivity contribution in [2.45, 2.75) is 50.7 Å². The molecule has 0 radical (unpaired) electrons. The molecule has 148 valence electrons. The van der Waals surface area contributed by atoms with E-state index in [1.165, 1.54) is 31.2 Å². The molecule has 2 aromatic rings. The summed E-state index contributed by atoms with van der Waals surface area (Å²) in [5.41, 5.74) is 1.32. The lowest BCUT2D eigenvalue weighted by Crippen LogP contribution is -2.52. The molecule has 2 fully saturated rings. The van der Waals surface area contributed by atoms with Crippen LogP contribution in [0.2, 0.25) is 0 Å². The third kappa shape index (κ3) is 2.90. The molecule has 1 N–H and O–H groups in total. The first-order valence-electron chi connectivity index (χ1n) is 9.82. The van der Waals surface area contributed by atoms with E-state index in [9.17, 15) is 9.18 Å². The van der Waals surface area contributed by atoms with Gasteiger partial charge in [-0.3, -0.25) is 4.79 Å². The summed E-state index contributed by atoms with van der Waals surface area (Å²) in [4.78, 5) is 27.2. The van der Waals surface area contributed by atoms with Crippen molar-refractivity contribution in [3.05, 3.63) is 40.4 Å². The van der Waals surface area contributed by atoms with Gasteiger partial charge >= 0.3 is 0 Å². The first-order valence-corrected chi connectivity index (χ1v) is 10.6. The standard InChI is InChI=1S/C20H24FN5OS/c1-20(2)11-25(18(27)12-3-6-16(21)23-7-12)10-15-17(20)24-19(28-15)26-13-4-5-14(26)9-22-8-13/h3,6-7,13-14,22H,4-5,8-11H2,1-2H3. The van der Waals surface area contributed by atoms with Crippen LogP contribution in [0.4, 0.5) is 9.52 Å². The van der Waals surface area contributed by atoms with Crippen molar-refractivity contribution in [3.63, 3.8) is 0 Å². The zero-order valence-corrected chi connectivity index (χ0v) is 16.9. The molecule has 5 heterocycles. The predicted octanol–water partition coefficient (Wildman–Crippen LogP) is 2.55. The van der Waals surface area contributed by atoms with Crippen molar-refractivity contribution in [2.75, 3.05) is 24.5 Å². The molecule has 5 rings (SSSR count). The van der Waals surface area contributed by atoms with Crippen molar-refractivity contribution in [2.24, 2.45) is 0 Å². The Morgan fingerprint density at radius 1 is 1.29 bits per heavy atom. The van der Waals surface area contributed by atoms with E-state index in [0.717, 1.165) is 28.8 Å². The second-order valence-electron chi connectivity index (χ2n) is 8.63. The van der Waals surface area contributed by atoms with E-state index in [1.54, 1.807) is 11.3 Å². The molecule has 2 saturated heterocycles. The molecule has 2 atom stereocenters. The summed E-state index contributed by atoms with van der Waals surface area (Å²) in [5.74, 6) is -0.682.